The summed E-state index contributed by atoms with van der Waals surface area (Å²) in [7, 11) is 3.21. The summed E-state index contributed by atoms with van der Waals surface area (Å²) in [6, 6.07) is 11.8. The third-order valence-corrected chi connectivity index (χ3v) is 5.21. The number of aromatic carboxylic acids is 1. The number of halogens is 1. The molecule has 0 bridgehead atoms. The summed E-state index contributed by atoms with van der Waals surface area (Å²) in [5, 5.41) is 9.76. The molecule has 1 saturated heterocycles. The van der Waals surface area contributed by atoms with Gasteiger partial charge in [-0.25, -0.2) is 9.79 Å². The van der Waals surface area contributed by atoms with Crippen molar-refractivity contribution in [2.75, 3.05) is 14.2 Å². The highest BCUT2D eigenvalue weighted by Crippen LogP contribution is 2.34. The fourth-order valence-corrected chi connectivity index (χ4v) is 3.55. The van der Waals surface area contributed by atoms with Gasteiger partial charge in [-0.2, -0.15) is 0 Å². The summed E-state index contributed by atoms with van der Waals surface area (Å²) < 4.78 is 5.12. The Labute approximate surface area is 165 Å². The number of hydrogen-bond acceptors (Lipinski definition) is 5. The summed E-state index contributed by atoms with van der Waals surface area (Å²) in [6.45, 7) is 0. The van der Waals surface area contributed by atoms with Gasteiger partial charge in [0.2, 0.25) is 0 Å². The Morgan fingerprint density at radius 1 is 1.26 bits per heavy atom. The fourth-order valence-electron chi connectivity index (χ4n) is 2.36. The van der Waals surface area contributed by atoms with Gasteiger partial charge in [-0.15, -0.1) is 0 Å². The molecule has 2 aromatic carbocycles. The van der Waals surface area contributed by atoms with Crippen LogP contribution in [0.25, 0.3) is 6.08 Å². The van der Waals surface area contributed by atoms with Crippen LogP contribution >= 0.6 is 23.4 Å². The Morgan fingerprint density at radius 2 is 1.96 bits per heavy atom. The average Bonchev–Trinajstić information content (AvgIpc) is 2.91. The zero-order chi connectivity index (χ0) is 19.6. The van der Waals surface area contributed by atoms with E-state index in [1.807, 2.05) is 24.3 Å². The van der Waals surface area contributed by atoms with E-state index in [9.17, 15) is 9.59 Å². The second kappa shape index (κ2) is 7.85. The minimum Gasteiger partial charge on any atom is -0.497 e. The first-order valence-corrected chi connectivity index (χ1v) is 9.01. The van der Waals surface area contributed by atoms with E-state index in [4.69, 9.17) is 21.4 Å². The van der Waals surface area contributed by atoms with Crippen LogP contribution in [0, 0.1) is 0 Å². The monoisotopic (exact) mass is 402 g/mol. The van der Waals surface area contributed by atoms with E-state index >= 15 is 0 Å². The number of likely N-dealkylation sites (N-methyl/N-ethyl adjacent to an activating group) is 1. The highest BCUT2D eigenvalue weighted by Gasteiger charge is 2.30. The van der Waals surface area contributed by atoms with Crippen LogP contribution < -0.4 is 4.74 Å². The molecule has 0 atom stereocenters. The first-order valence-electron chi connectivity index (χ1n) is 7.82. The van der Waals surface area contributed by atoms with Crippen molar-refractivity contribution in [1.29, 1.82) is 0 Å². The number of amidine groups is 1. The molecule has 27 heavy (non-hydrogen) atoms. The maximum absolute atomic E-state index is 12.5. The minimum atomic E-state index is -1.13. The third-order valence-electron chi connectivity index (χ3n) is 3.82. The quantitative estimate of drug-likeness (QED) is 0.772. The first-order chi connectivity index (χ1) is 12.9. The van der Waals surface area contributed by atoms with Crippen molar-refractivity contribution in [1.82, 2.24) is 4.90 Å². The summed E-state index contributed by atoms with van der Waals surface area (Å²) in [5.41, 5.74) is 1.23. The minimum absolute atomic E-state index is 0.0375. The van der Waals surface area contributed by atoms with Crippen molar-refractivity contribution in [3.63, 3.8) is 0 Å². The molecule has 0 aromatic heterocycles. The summed E-state index contributed by atoms with van der Waals surface area (Å²) in [4.78, 5) is 30.0. The predicted octanol–water partition coefficient (Wildman–Crippen LogP) is 4.28. The molecule has 0 unspecified atom stereocenters. The van der Waals surface area contributed by atoms with Crippen molar-refractivity contribution in [3.8, 4) is 5.75 Å². The summed E-state index contributed by atoms with van der Waals surface area (Å²) in [6.07, 6.45) is 1.77. The van der Waals surface area contributed by atoms with Crippen LogP contribution in [0.15, 0.2) is 52.4 Å². The van der Waals surface area contributed by atoms with E-state index in [1.54, 1.807) is 26.3 Å². The number of aliphatic imine (C=N–C) groups is 1. The molecule has 1 fully saturated rings. The lowest BCUT2D eigenvalue weighted by Crippen LogP contribution is -2.23. The molecule has 6 nitrogen and oxygen atoms in total. The van der Waals surface area contributed by atoms with Crippen LogP contribution in [-0.2, 0) is 4.79 Å². The van der Waals surface area contributed by atoms with Gasteiger partial charge in [-0.3, -0.25) is 9.69 Å². The Bertz CT molecular complexity index is 970. The number of rotatable bonds is 4. The molecule has 0 spiro atoms. The fraction of sp³-hybridized carbons (Fsp3) is 0.105. The Kier molecular flexibility index (Phi) is 5.53. The average molecular weight is 403 g/mol. The number of benzene rings is 2. The molecule has 1 N–H and O–H groups in total. The van der Waals surface area contributed by atoms with Crippen molar-refractivity contribution in [2.45, 2.75) is 0 Å². The molecule has 1 amide bonds. The van der Waals surface area contributed by atoms with E-state index in [-0.39, 0.29) is 16.5 Å². The second-order valence-electron chi connectivity index (χ2n) is 5.61. The van der Waals surface area contributed by atoms with E-state index in [0.717, 1.165) is 11.3 Å². The maximum atomic E-state index is 12.5. The van der Waals surface area contributed by atoms with Crippen LogP contribution in [0.5, 0.6) is 5.75 Å². The van der Waals surface area contributed by atoms with Gasteiger partial charge in [0.05, 0.1) is 28.3 Å². The number of amides is 1. The molecule has 0 saturated carbocycles. The smallest absolute Gasteiger partial charge is 0.337 e. The number of nitrogens with zero attached hydrogens (tertiary/aromatic N) is 2. The van der Waals surface area contributed by atoms with E-state index < -0.39 is 5.97 Å². The highest BCUT2D eigenvalue weighted by atomic mass is 35.5. The number of carboxylic acid groups (broad SMARTS) is 1. The molecular weight excluding hydrogens is 388 g/mol. The maximum Gasteiger partial charge on any atom is 0.337 e. The summed E-state index contributed by atoms with van der Waals surface area (Å²) >= 11 is 7.10. The van der Waals surface area contributed by atoms with Crippen molar-refractivity contribution >= 4 is 52.2 Å². The molecule has 1 heterocycles. The Morgan fingerprint density at radius 3 is 2.59 bits per heavy atom. The zero-order valence-corrected chi connectivity index (χ0v) is 16.0. The number of carboxylic acids is 1. The van der Waals surface area contributed by atoms with Gasteiger partial charge < -0.3 is 9.84 Å². The Hall–Kier alpha value is -2.77. The lowest BCUT2D eigenvalue weighted by molar-refractivity contribution is -0.121. The SMILES string of the molecule is COc1ccc(/C=C2\SC(=Nc3ccc(Cl)c(C(=O)O)c3)N(C)C2=O)cc1. The van der Waals surface area contributed by atoms with Gasteiger partial charge in [0, 0.05) is 7.05 Å². The van der Waals surface area contributed by atoms with Crippen molar-refractivity contribution in [2.24, 2.45) is 4.99 Å². The van der Waals surface area contributed by atoms with Crippen LogP contribution in [0.3, 0.4) is 0 Å². The van der Waals surface area contributed by atoms with Crippen molar-refractivity contribution in [3.05, 3.63) is 63.5 Å². The second-order valence-corrected chi connectivity index (χ2v) is 7.03. The standard InChI is InChI=1S/C19H15ClN2O4S/c1-22-17(23)16(9-11-3-6-13(26-2)7-4-11)27-19(22)21-12-5-8-15(20)14(10-12)18(24)25/h3-10H,1-2H3,(H,24,25)/b16-9-,21-19?. The van der Waals surface area contributed by atoms with Crippen molar-refractivity contribution < 1.29 is 19.4 Å². The molecule has 0 radical (unpaired) electrons. The van der Waals surface area contributed by atoms with Crippen LogP contribution in [0.1, 0.15) is 15.9 Å². The van der Waals surface area contributed by atoms with Gasteiger partial charge in [0.1, 0.15) is 5.75 Å². The van der Waals surface area contributed by atoms with Gasteiger partial charge in [0.25, 0.3) is 5.91 Å². The number of ether oxygens (including phenoxy) is 1. The van der Waals surface area contributed by atoms with Gasteiger partial charge in [0.15, 0.2) is 5.17 Å². The number of methoxy groups -OCH3 is 1. The number of hydrogen-bond donors (Lipinski definition) is 1. The normalized spacial score (nSPS) is 17.0. The van der Waals surface area contributed by atoms with E-state index in [1.165, 1.54) is 28.8 Å². The molecule has 3 rings (SSSR count). The lowest BCUT2D eigenvalue weighted by atomic mass is 10.2. The molecule has 1 aliphatic rings. The summed E-state index contributed by atoms with van der Waals surface area (Å²) in [5.74, 6) is -0.577. The number of carbonyl (C=O) groups excluding carboxylic acids is 1. The van der Waals surface area contributed by atoms with Gasteiger partial charge >= 0.3 is 5.97 Å². The third kappa shape index (κ3) is 4.15. The highest BCUT2D eigenvalue weighted by molar-refractivity contribution is 8.18. The molecular formula is C19H15ClN2O4S. The van der Waals surface area contributed by atoms with E-state index in [2.05, 4.69) is 4.99 Å². The van der Waals surface area contributed by atoms with Gasteiger partial charge in [-0.1, -0.05) is 23.7 Å². The zero-order valence-electron chi connectivity index (χ0n) is 14.5. The number of carbonyl (C=O) groups is 2. The number of thioether (sulfide) groups is 1. The van der Waals surface area contributed by atoms with Crippen LogP contribution in [-0.4, -0.2) is 41.2 Å². The molecule has 2 aromatic rings. The molecule has 0 aliphatic carbocycles. The van der Waals surface area contributed by atoms with Crippen LogP contribution in [0.2, 0.25) is 5.02 Å². The van der Waals surface area contributed by atoms with Gasteiger partial charge in [-0.05, 0) is 53.7 Å². The topological polar surface area (TPSA) is 79.2 Å². The molecule has 138 valence electrons. The Balaban J connectivity index is 1.89. The van der Waals surface area contributed by atoms with E-state index in [0.29, 0.717) is 15.8 Å². The molecule has 8 heteroatoms. The largest absolute Gasteiger partial charge is 0.497 e. The predicted molar refractivity (Wildman–Crippen MR) is 107 cm³/mol. The lowest BCUT2D eigenvalue weighted by Gasteiger charge is -2.07. The first kappa shape index (κ1) is 19.0. The molecule has 1 aliphatic heterocycles. The van der Waals surface area contributed by atoms with Crippen LogP contribution in [0.4, 0.5) is 5.69 Å².